The van der Waals surface area contributed by atoms with E-state index in [0.717, 1.165) is 46.2 Å². The van der Waals surface area contributed by atoms with Crippen LogP contribution < -0.4 is 0 Å². The Hall–Kier alpha value is -1.99. The summed E-state index contributed by atoms with van der Waals surface area (Å²) in [7, 11) is 0. The number of thioether (sulfide) groups is 2. The zero-order chi connectivity index (χ0) is 17.6. The van der Waals surface area contributed by atoms with E-state index in [0.29, 0.717) is 5.82 Å². The van der Waals surface area contributed by atoms with Gasteiger partial charge in [0.25, 0.3) is 0 Å². The topological polar surface area (TPSA) is 68.6 Å². The molecule has 0 radical (unpaired) electrons. The van der Waals surface area contributed by atoms with Crippen molar-refractivity contribution < 1.29 is 4.79 Å². The van der Waals surface area contributed by atoms with E-state index >= 15 is 0 Å². The van der Waals surface area contributed by atoms with Crippen LogP contribution in [0.3, 0.4) is 0 Å². The lowest BCUT2D eigenvalue weighted by Crippen LogP contribution is -2.12. The Labute approximate surface area is 155 Å². The first kappa shape index (κ1) is 17.8. The number of hydrogen-bond acceptors (Lipinski definition) is 7. The second-order valence-electron chi connectivity index (χ2n) is 5.46. The molecular weight excluding hydrogens is 352 g/mol. The number of carbonyl (C=O) groups is 1. The van der Waals surface area contributed by atoms with Gasteiger partial charge >= 0.3 is 0 Å². The van der Waals surface area contributed by atoms with E-state index in [2.05, 4.69) is 19.9 Å². The largest absolute Gasteiger partial charge is 0.289 e. The molecule has 25 heavy (non-hydrogen) atoms. The number of ketones is 1. The molecule has 3 rings (SSSR count). The van der Waals surface area contributed by atoms with Crippen molar-refractivity contribution in [1.29, 1.82) is 0 Å². The Morgan fingerprint density at radius 1 is 1.00 bits per heavy atom. The molecule has 1 aliphatic rings. The van der Waals surface area contributed by atoms with Crippen molar-refractivity contribution in [3.8, 4) is 0 Å². The third-order valence-electron chi connectivity index (χ3n) is 3.83. The van der Waals surface area contributed by atoms with E-state index in [-0.39, 0.29) is 5.78 Å². The first-order chi connectivity index (χ1) is 12.2. The standard InChI is InChI=1S/C18H18N4OS2/c1-24-16-6-7-19-15(22-16)9-13-5-3-4-12(18(13)23)8-14-10-17(25-2)21-11-20-14/h6-11H,3-5H2,1-2H3/b12-8+,13-9+. The number of hydrogen-bond donors (Lipinski definition) is 0. The maximum Gasteiger partial charge on any atom is 0.185 e. The summed E-state index contributed by atoms with van der Waals surface area (Å²) >= 11 is 3.12. The van der Waals surface area contributed by atoms with Crippen LogP contribution in [0.1, 0.15) is 30.8 Å². The van der Waals surface area contributed by atoms with Gasteiger partial charge in [0.1, 0.15) is 6.33 Å². The van der Waals surface area contributed by atoms with Gasteiger partial charge in [-0.1, -0.05) is 0 Å². The average Bonchev–Trinajstić information content (AvgIpc) is 2.65. The van der Waals surface area contributed by atoms with Crippen molar-refractivity contribution in [2.24, 2.45) is 0 Å². The van der Waals surface area contributed by atoms with Gasteiger partial charge in [0.05, 0.1) is 15.7 Å². The minimum Gasteiger partial charge on any atom is -0.289 e. The third-order valence-corrected chi connectivity index (χ3v) is 5.12. The van der Waals surface area contributed by atoms with E-state index < -0.39 is 0 Å². The Morgan fingerprint density at radius 2 is 1.76 bits per heavy atom. The first-order valence-corrected chi connectivity index (χ1v) is 10.3. The minimum absolute atomic E-state index is 0.0636. The maximum absolute atomic E-state index is 12.8. The van der Waals surface area contributed by atoms with Crippen molar-refractivity contribution in [3.05, 3.63) is 47.3 Å². The molecule has 0 saturated heterocycles. The van der Waals surface area contributed by atoms with Crippen molar-refractivity contribution in [2.75, 3.05) is 12.5 Å². The molecule has 0 amide bonds. The predicted molar refractivity (Wildman–Crippen MR) is 102 cm³/mol. The SMILES string of the molecule is CSc1cc(/C=C2\CCC/C(=C\c3nccc(SC)n3)C2=O)ncn1. The van der Waals surface area contributed by atoms with Crippen molar-refractivity contribution in [2.45, 2.75) is 29.3 Å². The number of carbonyl (C=O) groups excluding carboxylic acids is 1. The average molecular weight is 371 g/mol. The monoisotopic (exact) mass is 370 g/mol. The van der Waals surface area contributed by atoms with Crippen LogP contribution in [0.15, 0.2) is 45.9 Å². The van der Waals surface area contributed by atoms with Crippen molar-refractivity contribution in [1.82, 2.24) is 19.9 Å². The zero-order valence-electron chi connectivity index (χ0n) is 14.1. The number of nitrogens with zero attached hydrogens (tertiary/aromatic N) is 4. The van der Waals surface area contributed by atoms with E-state index in [4.69, 9.17) is 0 Å². The lowest BCUT2D eigenvalue weighted by atomic mass is 9.88. The number of rotatable bonds is 4. The highest BCUT2D eigenvalue weighted by Gasteiger charge is 2.21. The highest BCUT2D eigenvalue weighted by Crippen LogP contribution is 2.27. The van der Waals surface area contributed by atoms with Crippen LogP contribution >= 0.6 is 23.5 Å². The van der Waals surface area contributed by atoms with Gasteiger partial charge in [-0.05, 0) is 56.1 Å². The van der Waals surface area contributed by atoms with Gasteiger partial charge < -0.3 is 0 Å². The normalized spacial score (nSPS) is 18.1. The lowest BCUT2D eigenvalue weighted by molar-refractivity contribution is -0.112. The molecule has 5 nitrogen and oxygen atoms in total. The number of allylic oxidation sites excluding steroid dienone is 2. The van der Waals surface area contributed by atoms with Gasteiger partial charge in [-0.15, -0.1) is 23.5 Å². The molecule has 7 heteroatoms. The van der Waals surface area contributed by atoms with Crippen LogP contribution in [0.25, 0.3) is 12.2 Å². The van der Waals surface area contributed by atoms with Crippen molar-refractivity contribution >= 4 is 41.5 Å². The molecule has 0 aromatic carbocycles. The molecule has 0 spiro atoms. The number of Topliss-reactive ketones (excluding diaryl/α,β-unsaturated/α-hetero) is 1. The van der Waals surface area contributed by atoms with Crippen LogP contribution in [0.2, 0.25) is 0 Å². The summed E-state index contributed by atoms with van der Waals surface area (Å²) in [5.41, 5.74) is 2.31. The molecule has 0 atom stereocenters. The van der Waals surface area contributed by atoms with Crippen LogP contribution in [-0.4, -0.2) is 38.2 Å². The summed E-state index contributed by atoms with van der Waals surface area (Å²) in [6, 6.07) is 3.76. The minimum atomic E-state index is 0.0636. The highest BCUT2D eigenvalue weighted by molar-refractivity contribution is 7.98. The fourth-order valence-corrected chi connectivity index (χ4v) is 3.37. The molecule has 1 saturated carbocycles. The smallest absolute Gasteiger partial charge is 0.185 e. The lowest BCUT2D eigenvalue weighted by Gasteiger charge is -2.16. The maximum atomic E-state index is 12.8. The summed E-state index contributed by atoms with van der Waals surface area (Å²) < 4.78 is 0. The van der Waals surface area contributed by atoms with E-state index in [1.807, 2.05) is 36.8 Å². The summed E-state index contributed by atoms with van der Waals surface area (Å²) in [6.45, 7) is 0. The van der Waals surface area contributed by atoms with E-state index in [9.17, 15) is 4.79 Å². The van der Waals surface area contributed by atoms with Gasteiger partial charge in [-0.3, -0.25) is 4.79 Å². The second-order valence-corrected chi connectivity index (χ2v) is 7.12. The fraction of sp³-hybridized carbons (Fsp3) is 0.278. The van der Waals surface area contributed by atoms with Crippen LogP contribution in [0, 0.1) is 0 Å². The molecule has 1 aliphatic carbocycles. The molecular formula is C18H18N4OS2. The second kappa shape index (κ2) is 8.40. The predicted octanol–water partition coefficient (Wildman–Crippen LogP) is 3.93. The van der Waals surface area contributed by atoms with Crippen LogP contribution in [0.5, 0.6) is 0 Å². The summed E-state index contributed by atoms with van der Waals surface area (Å²) in [5, 5.41) is 1.79. The zero-order valence-corrected chi connectivity index (χ0v) is 15.7. The quantitative estimate of drug-likeness (QED) is 0.459. The third kappa shape index (κ3) is 4.55. The number of aromatic nitrogens is 4. The Bertz CT molecular complexity index is 781. The van der Waals surface area contributed by atoms with E-state index in [1.54, 1.807) is 29.7 Å². The van der Waals surface area contributed by atoms with Gasteiger partial charge in [0.15, 0.2) is 11.6 Å². The summed E-state index contributed by atoms with van der Waals surface area (Å²) in [5.74, 6) is 0.650. The molecule has 0 N–H and O–H groups in total. The van der Waals surface area contributed by atoms with E-state index in [1.165, 1.54) is 6.33 Å². The molecule has 1 fully saturated rings. The summed E-state index contributed by atoms with van der Waals surface area (Å²) in [6.07, 6.45) is 13.3. The van der Waals surface area contributed by atoms with Gasteiger partial charge in [-0.25, -0.2) is 19.9 Å². The van der Waals surface area contributed by atoms with Gasteiger partial charge in [0.2, 0.25) is 0 Å². The molecule has 2 heterocycles. The fourth-order valence-electron chi connectivity index (χ4n) is 2.60. The Balaban J connectivity index is 1.87. The van der Waals surface area contributed by atoms with Crippen molar-refractivity contribution in [3.63, 3.8) is 0 Å². The highest BCUT2D eigenvalue weighted by atomic mass is 32.2. The Morgan fingerprint density at radius 3 is 2.52 bits per heavy atom. The summed E-state index contributed by atoms with van der Waals surface area (Å²) in [4.78, 5) is 29.9. The Kier molecular flexibility index (Phi) is 5.99. The first-order valence-electron chi connectivity index (χ1n) is 7.88. The molecule has 128 valence electrons. The van der Waals surface area contributed by atoms with Crippen LogP contribution in [0.4, 0.5) is 0 Å². The molecule has 0 bridgehead atoms. The molecule has 0 aliphatic heterocycles. The van der Waals surface area contributed by atoms with Gasteiger partial charge in [-0.2, -0.15) is 0 Å². The molecule has 2 aromatic heterocycles. The molecule has 2 aromatic rings. The van der Waals surface area contributed by atoms with Gasteiger partial charge in [0, 0.05) is 17.3 Å². The van der Waals surface area contributed by atoms with Crippen LogP contribution in [-0.2, 0) is 4.79 Å². The molecule has 0 unspecified atom stereocenters.